The van der Waals surface area contributed by atoms with E-state index in [0.717, 1.165) is 64.7 Å². The van der Waals surface area contributed by atoms with Crippen LogP contribution in [-0.2, 0) is 14.4 Å². The fourth-order valence-corrected chi connectivity index (χ4v) is 4.67. The Bertz CT molecular complexity index is 530. The minimum atomic E-state index is -0.220. The molecule has 0 aromatic heterocycles. The van der Waals surface area contributed by atoms with E-state index in [4.69, 9.17) is 5.73 Å². The molecular formula is C18H30N4O3. The van der Waals surface area contributed by atoms with E-state index in [1.807, 2.05) is 4.90 Å². The summed E-state index contributed by atoms with van der Waals surface area (Å²) in [6, 6.07) is 0.221. The molecule has 3 rings (SSSR count). The van der Waals surface area contributed by atoms with Crippen molar-refractivity contribution in [1.29, 1.82) is 0 Å². The summed E-state index contributed by atoms with van der Waals surface area (Å²) in [6.07, 6.45) is 5.46. The normalized spacial score (nSPS) is 29.0. The van der Waals surface area contributed by atoms with Crippen molar-refractivity contribution in [2.75, 3.05) is 32.7 Å². The lowest BCUT2D eigenvalue weighted by Gasteiger charge is -2.40. The summed E-state index contributed by atoms with van der Waals surface area (Å²) in [6.45, 7) is 5.31. The molecule has 0 aromatic carbocycles. The maximum Gasteiger partial charge on any atom is 0.234 e. The highest BCUT2D eigenvalue weighted by Gasteiger charge is 2.37. The Morgan fingerprint density at radius 3 is 2.20 bits per heavy atom. The number of amides is 3. The second kappa shape index (κ2) is 7.72. The van der Waals surface area contributed by atoms with E-state index in [2.05, 4.69) is 4.90 Å². The Morgan fingerprint density at radius 2 is 1.56 bits per heavy atom. The Balaban J connectivity index is 1.52. The summed E-state index contributed by atoms with van der Waals surface area (Å²) < 4.78 is 0. The highest BCUT2D eigenvalue weighted by Crippen LogP contribution is 2.27. The Morgan fingerprint density at radius 1 is 0.880 bits per heavy atom. The van der Waals surface area contributed by atoms with Gasteiger partial charge in [-0.05, 0) is 45.1 Å². The van der Waals surface area contributed by atoms with Gasteiger partial charge in [-0.1, -0.05) is 0 Å². The maximum atomic E-state index is 12.8. The van der Waals surface area contributed by atoms with Crippen LogP contribution in [0.5, 0.6) is 0 Å². The third-order valence-corrected chi connectivity index (χ3v) is 6.08. The molecule has 0 bridgehead atoms. The summed E-state index contributed by atoms with van der Waals surface area (Å²) in [4.78, 5) is 42.0. The Hall–Kier alpha value is -1.63. The summed E-state index contributed by atoms with van der Waals surface area (Å²) in [7, 11) is 0. The molecule has 0 saturated carbocycles. The third kappa shape index (κ3) is 3.97. The zero-order chi connectivity index (χ0) is 18.0. The van der Waals surface area contributed by atoms with Crippen LogP contribution < -0.4 is 5.73 Å². The average Bonchev–Trinajstić information content (AvgIpc) is 3.11. The van der Waals surface area contributed by atoms with Gasteiger partial charge in [0, 0.05) is 39.1 Å². The standard InChI is InChI=1S/C18H30N4O3/c1-13(23)21-8-2-4-14(12-21)18(25)20-10-6-15(7-11-20)22-9-3-5-16(22)17(19)24/h14-16H,2-12H2,1H3,(H2,19,24). The van der Waals surface area contributed by atoms with Crippen LogP contribution in [-0.4, -0.2) is 77.2 Å². The van der Waals surface area contributed by atoms with Gasteiger partial charge < -0.3 is 15.5 Å². The molecule has 0 spiro atoms. The lowest BCUT2D eigenvalue weighted by atomic mass is 9.94. The Kier molecular flexibility index (Phi) is 5.61. The molecule has 7 heteroatoms. The number of primary amides is 1. The molecule has 7 nitrogen and oxygen atoms in total. The lowest BCUT2D eigenvalue weighted by molar-refractivity contribution is -0.141. The van der Waals surface area contributed by atoms with Crippen LogP contribution in [0.4, 0.5) is 0 Å². The van der Waals surface area contributed by atoms with Gasteiger partial charge in [-0.3, -0.25) is 19.3 Å². The van der Waals surface area contributed by atoms with Crippen LogP contribution in [0.25, 0.3) is 0 Å². The molecule has 2 unspecified atom stereocenters. The molecule has 0 aliphatic carbocycles. The minimum absolute atomic E-state index is 0.0562. The van der Waals surface area contributed by atoms with E-state index in [-0.39, 0.29) is 29.7 Å². The van der Waals surface area contributed by atoms with Gasteiger partial charge in [-0.15, -0.1) is 0 Å². The van der Waals surface area contributed by atoms with Gasteiger partial charge in [0.1, 0.15) is 0 Å². The molecule has 140 valence electrons. The predicted molar refractivity (Wildman–Crippen MR) is 93.5 cm³/mol. The van der Waals surface area contributed by atoms with Crippen molar-refractivity contribution < 1.29 is 14.4 Å². The predicted octanol–water partition coefficient (Wildman–Crippen LogP) is 0.186. The van der Waals surface area contributed by atoms with Crippen LogP contribution in [0, 0.1) is 5.92 Å². The minimum Gasteiger partial charge on any atom is -0.368 e. The van der Waals surface area contributed by atoms with Gasteiger partial charge in [0.25, 0.3) is 0 Å². The quantitative estimate of drug-likeness (QED) is 0.787. The van der Waals surface area contributed by atoms with Crippen molar-refractivity contribution in [2.45, 2.75) is 57.5 Å². The number of carbonyl (C=O) groups is 3. The number of carbonyl (C=O) groups excluding carboxylic acids is 3. The number of piperidine rings is 2. The van der Waals surface area contributed by atoms with Crippen LogP contribution in [0.2, 0.25) is 0 Å². The molecule has 3 aliphatic rings. The van der Waals surface area contributed by atoms with E-state index >= 15 is 0 Å². The second-order valence-corrected chi connectivity index (χ2v) is 7.66. The molecule has 2 atom stereocenters. The van der Waals surface area contributed by atoms with E-state index in [9.17, 15) is 14.4 Å². The summed E-state index contributed by atoms with van der Waals surface area (Å²) in [5.74, 6) is -0.0260. The first kappa shape index (κ1) is 18.2. The number of hydrogen-bond acceptors (Lipinski definition) is 4. The van der Waals surface area contributed by atoms with Gasteiger partial charge in [0.2, 0.25) is 17.7 Å². The smallest absolute Gasteiger partial charge is 0.234 e. The highest BCUT2D eigenvalue weighted by molar-refractivity contribution is 5.81. The van der Waals surface area contributed by atoms with Gasteiger partial charge in [-0.25, -0.2) is 0 Å². The summed E-state index contributed by atoms with van der Waals surface area (Å²) in [5.41, 5.74) is 5.53. The number of rotatable bonds is 3. The van der Waals surface area contributed by atoms with Gasteiger partial charge in [0.15, 0.2) is 0 Å². The maximum absolute atomic E-state index is 12.8. The molecule has 3 aliphatic heterocycles. The van der Waals surface area contributed by atoms with E-state index in [1.54, 1.807) is 11.8 Å². The third-order valence-electron chi connectivity index (χ3n) is 6.08. The number of hydrogen-bond donors (Lipinski definition) is 1. The fourth-order valence-electron chi connectivity index (χ4n) is 4.67. The van der Waals surface area contributed by atoms with Crippen molar-refractivity contribution in [3.05, 3.63) is 0 Å². The lowest BCUT2D eigenvalue weighted by Crippen LogP contribution is -2.53. The summed E-state index contributed by atoms with van der Waals surface area (Å²) in [5, 5.41) is 0. The van der Waals surface area contributed by atoms with Crippen LogP contribution in [0.15, 0.2) is 0 Å². The number of nitrogens with two attached hydrogens (primary N) is 1. The van der Waals surface area contributed by atoms with Crippen LogP contribution >= 0.6 is 0 Å². The molecule has 25 heavy (non-hydrogen) atoms. The van der Waals surface area contributed by atoms with Crippen molar-refractivity contribution in [3.63, 3.8) is 0 Å². The number of nitrogens with zero attached hydrogens (tertiary/aromatic N) is 3. The largest absolute Gasteiger partial charge is 0.368 e. The molecule has 3 amide bonds. The number of likely N-dealkylation sites (tertiary alicyclic amines) is 3. The highest BCUT2D eigenvalue weighted by atomic mass is 16.2. The van der Waals surface area contributed by atoms with Crippen molar-refractivity contribution >= 4 is 17.7 Å². The Labute approximate surface area is 149 Å². The topological polar surface area (TPSA) is 87.0 Å². The first-order chi connectivity index (χ1) is 12.0. The molecule has 3 saturated heterocycles. The van der Waals surface area contributed by atoms with Crippen molar-refractivity contribution in [3.8, 4) is 0 Å². The summed E-state index contributed by atoms with van der Waals surface area (Å²) >= 11 is 0. The van der Waals surface area contributed by atoms with Crippen LogP contribution in [0.1, 0.15) is 45.4 Å². The van der Waals surface area contributed by atoms with E-state index < -0.39 is 0 Å². The molecule has 0 aromatic rings. The average molecular weight is 350 g/mol. The fraction of sp³-hybridized carbons (Fsp3) is 0.833. The molecule has 3 heterocycles. The van der Waals surface area contributed by atoms with Gasteiger partial charge >= 0.3 is 0 Å². The first-order valence-corrected chi connectivity index (χ1v) is 9.56. The van der Waals surface area contributed by atoms with Gasteiger partial charge in [0.05, 0.1) is 12.0 Å². The molecule has 0 radical (unpaired) electrons. The van der Waals surface area contributed by atoms with E-state index in [0.29, 0.717) is 12.6 Å². The molecule has 2 N–H and O–H groups in total. The second-order valence-electron chi connectivity index (χ2n) is 7.66. The van der Waals surface area contributed by atoms with Crippen molar-refractivity contribution in [2.24, 2.45) is 11.7 Å². The van der Waals surface area contributed by atoms with E-state index in [1.165, 1.54) is 0 Å². The zero-order valence-corrected chi connectivity index (χ0v) is 15.2. The van der Waals surface area contributed by atoms with Crippen molar-refractivity contribution in [1.82, 2.24) is 14.7 Å². The monoisotopic (exact) mass is 350 g/mol. The zero-order valence-electron chi connectivity index (χ0n) is 15.2. The molecule has 3 fully saturated rings. The SMILES string of the molecule is CC(=O)N1CCCC(C(=O)N2CCC(N3CCCC3C(N)=O)CC2)C1. The van der Waals surface area contributed by atoms with Crippen LogP contribution in [0.3, 0.4) is 0 Å². The first-order valence-electron chi connectivity index (χ1n) is 9.56. The van der Waals surface area contributed by atoms with Gasteiger partial charge in [-0.2, -0.15) is 0 Å². The molecular weight excluding hydrogens is 320 g/mol.